The highest BCUT2D eigenvalue weighted by Gasteiger charge is 2.24. The van der Waals surface area contributed by atoms with Gasteiger partial charge in [0.05, 0.1) is 33.4 Å². The van der Waals surface area contributed by atoms with Crippen molar-refractivity contribution in [3.8, 4) is 17.0 Å². The van der Waals surface area contributed by atoms with E-state index in [0.29, 0.717) is 22.0 Å². The Balaban J connectivity index is 1.79. The van der Waals surface area contributed by atoms with Crippen LogP contribution in [0.2, 0.25) is 15.1 Å². The predicted octanol–water partition coefficient (Wildman–Crippen LogP) is 5.77. The second-order valence-corrected chi connectivity index (χ2v) is 9.61. The van der Waals surface area contributed by atoms with Crippen molar-refractivity contribution in [3.63, 3.8) is 0 Å². The zero-order chi connectivity index (χ0) is 23.0. The van der Waals surface area contributed by atoms with Crippen LogP contribution in [-0.4, -0.2) is 30.5 Å². The second-order valence-electron chi connectivity index (χ2n) is 6.74. The van der Waals surface area contributed by atoms with Gasteiger partial charge in [-0.1, -0.05) is 40.9 Å². The first-order valence-electron chi connectivity index (χ1n) is 9.14. The number of benzene rings is 2. The van der Waals surface area contributed by atoms with E-state index in [1.165, 1.54) is 25.4 Å². The van der Waals surface area contributed by atoms with Crippen LogP contribution in [0, 0.1) is 6.92 Å². The molecule has 0 atom stereocenters. The molecule has 11 heteroatoms. The third kappa shape index (κ3) is 4.31. The van der Waals surface area contributed by atoms with Crippen molar-refractivity contribution < 1.29 is 13.2 Å². The number of anilines is 1. The molecular formula is C21H15Cl3N4O3S. The van der Waals surface area contributed by atoms with Gasteiger partial charge in [-0.3, -0.25) is 4.72 Å². The predicted molar refractivity (Wildman–Crippen MR) is 126 cm³/mol. The molecule has 32 heavy (non-hydrogen) atoms. The molecule has 164 valence electrons. The summed E-state index contributed by atoms with van der Waals surface area (Å²) in [5.41, 5.74) is 2.05. The summed E-state index contributed by atoms with van der Waals surface area (Å²) in [6.45, 7) is 1.81. The highest BCUT2D eigenvalue weighted by molar-refractivity contribution is 7.92. The minimum absolute atomic E-state index is 0.1000. The van der Waals surface area contributed by atoms with Crippen LogP contribution in [0.4, 0.5) is 5.69 Å². The first-order chi connectivity index (χ1) is 15.2. The molecule has 0 saturated carbocycles. The fraction of sp³-hybridized carbons (Fsp3) is 0.0952. The minimum Gasteiger partial charge on any atom is -0.480 e. The number of pyridine rings is 1. The van der Waals surface area contributed by atoms with Gasteiger partial charge in [-0.25, -0.2) is 23.4 Å². The summed E-state index contributed by atoms with van der Waals surface area (Å²) in [7, 11) is -2.81. The van der Waals surface area contributed by atoms with Gasteiger partial charge in [0.25, 0.3) is 10.0 Å². The van der Waals surface area contributed by atoms with Crippen LogP contribution in [0.1, 0.15) is 5.82 Å². The Hall–Kier alpha value is -2.65. The number of nitrogens with one attached hydrogen (secondary N) is 1. The fourth-order valence-electron chi connectivity index (χ4n) is 3.13. The van der Waals surface area contributed by atoms with Crippen LogP contribution in [0.5, 0.6) is 5.88 Å². The van der Waals surface area contributed by atoms with Gasteiger partial charge in [-0.05, 0) is 42.8 Å². The number of nitrogens with zero attached hydrogens (tertiary/aromatic N) is 3. The van der Waals surface area contributed by atoms with E-state index in [0.717, 1.165) is 10.9 Å². The van der Waals surface area contributed by atoms with Crippen LogP contribution in [0.25, 0.3) is 22.0 Å². The Labute approximate surface area is 199 Å². The maximum absolute atomic E-state index is 13.0. The number of hydrogen-bond acceptors (Lipinski definition) is 6. The molecule has 0 saturated heterocycles. The van der Waals surface area contributed by atoms with Crippen LogP contribution in [0.3, 0.4) is 0 Å². The van der Waals surface area contributed by atoms with Gasteiger partial charge in [-0.2, -0.15) is 0 Å². The van der Waals surface area contributed by atoms with Crippen molar-refractivity contribution in [2.24, 2.45) is 0 Å². The smallest absolute Gasteiger partial charge is 0.267 e. The lowest BCUT2D eigenvalue weighted by Gasteiger charge is -2.15. The molecule has 7 nitrogen and oxygen atoms in total. The standard InChI is InChI=1S/C21H15Cl3N4O3S/c1-11-25-9-13-7-12(3-5-16(13)27-11)19-15(23)4-6-17(20(19)24)28-32(29,30)18-8-14(22)10-26-21(18)31-2/h3-10,28H,1-2H3. The van der Waals surface area contributed by atoms with Crippen LogP contribution in [-0.2, 0) is 10.0 Å². The molecule has 0 radical (unpaired) electrons. The molecule has 1 N–H and O–H groups in total. The Morgan fingerprint density at radius 1 is 1.00 bits per heavy atom. The highest BCUT2D eigenvalue weighted by Crippen LogP contribution is 2.41. The molecule has 0 aliphatic heterocycles. The van der Waals surface area contributed by atoms with Crippen molar-refractivity contribution in [1.82, 2.24) is 15.0 Å². The zero-order valence-electron chi connectivity index (χ0n) is 16.7. The number of hydrogen-bond donors (Lipinski definition) is 1. The summed E-state index contributed by atoms with van der Waals surface area (Å²) in [5, 5.41) is 1.42. The second kappa shape index (κ2) is 8.71. The monoisotopic (exact) mass is 508 g/mol. The normalized spacial score (nSPS) is 11.5. The lowest BCUT2D eigenvalue weighted by atomic mass is 10.0. The molecule has 2 aromatic carbocycles. The SMILES string of the molecule is COc1ncc(Cl)cc1S(=O)(=O)Nc1ccc(Cl)c(-c2ccc3nc(C)ncc3c2)c1Cl. The Kier molecular flexibility index (Phi) is 6.13. The minimum atomic E-state index is -4.12. The number of aryl methyl sites for hydroxylation is 1. The van der Waals surface area contributed by atoms with Gasteiger partial charge in [0.15, 0.2) is 4.90 Å². The van der Waals surface area contributed by atoms with E-state index in [9.17, 15) is 8.42 Å². The lowest BCUT2D eigenvalue weighted by Crippen LogP contribution is -2.15. The molecule has 0 fully saturated rings. The van der Waals surface area contributed by atoms with Crippen molar-refractivity contribution in [2.45, 2.75) is 11.8 Å². The van der Waals surface area contributed by atoms with E-state index in [1.54, 1.807) is 19.2 Å². The molecule has 2 aromatic heterocycles. The average molecular weight is 510 g/mol. The highest BCUT2D eigenvalue weighted by atomic mass is 35.5. The summed E-state index contributed by atoms with van der Waals surface area (Å²) in [4.78, 5) is 12.3. The molecule has 4 aromatic rings. The molecule has 2 heterocycles. The van der Waals surface area contributed by atoms with Gasteiger partial charge in [0, 0.05) is 23.3 Å². The molecule has 0 unspecified atom stereocenters. The van der Waals surface area contributed by atoms with E-state index in [4.69, 9.17) is 39.5 Å². The first kappa shape index (κ1) is 22.5. The maximum atomic E-state index is 13.0. The van der Waals surface area contributed by atoms with Gasteiger partial charge >= 0.3 is 0 Å². The summed E-state index contributed by atoms with van der Waals surface area (Å²) in [5.74, 6) is 0.556. The third-order valence-electron chi connectivity index (χ3n) is 4.59. The van der Waals surface area contributed by atoms with E-state index in [1.807, 2.05) is 18.2 Å². The zero-order valence-corrected chi connectivity index (χ0v) is 19.8. The summed E-state index contributed by atoms with van der Waals surface area (Å²) >= 11 is 19.0. The number of ether oxygens (including phenoxy) is 1. The number of fused-ring (bicyclic) bond motifs is 1. The number of sulfonamides is 1. The Morgan fingerprint density at radius 2 is 1.78 bits per heavy atom. The van der Waals surface area contributed by atoms with Crippen LogP contribution < -0.4 is 9.46 Å². The molecule has 4 rings (SSSR count). The Bertz CT molecular complexity index is 1460. The van der Waals surface area contributed by atoms with E-state index in [2.05, 4.69) is 19.7 Å². The molecule has 0 amide bonds. The molecular weight excluding hydrogens is 495 g/mol. The van der Waals surface area contributed by atoms with Gasteiger partial charge < -0.3 is 4.74 Å². The van der Waals surface area contributed by atoms with E-state index < -0.39 is 10.0 Å². The van der Waals surface area contributed by atoms with Gasteiger partial charge in [0.2, 0.25) is 5.88 Å². The van der Waals surface area contributed by atoms with Crippen molar-refractivity contribution in [2.75, 3.05) is 11.8 Å². The van der Waals surface area contributed by atoms with Crippen molar-refractivity contribution in [1.29, 1.82) is 0 Å². The average Bonchev–Trinajstić information content (AvgIpc) is 2.76. The van der Waals surface area contributed by atoms with Crippen LogP contribution >= 0.6 is 34.8 Å². The Morgan fingerprint density at radius 3 is 2.53 bits per heavy atom. The molecule has 0 aliphatic carbocycles. The number of halogens is 3. The molecule has 0 aliphatic rings. The summed E-state index contributed by atoms with van der Waals surface area (Å²) < 4.78 is 33.6. The summed E-state index contributed by atoms with van der Waals surface area (Å²) in [6, 6.07) is 9.75. The topological polar surface area (TPSA) is 94.1 Å². The maximum Gasteiger partial charge on any atom is 0.267 e. The number of aromatic nitrogens is 3. The molecule has 0 spiro atoms. The van der Waals surface area contributed by atoms with Gasteiger partial charge in [-0.15, -0.1) is 0 Å². The largest absolute Gasteiger partial charge is 0.480 e. The quantitative estimate of drug-likeness (QED) is 0.367. The lowest BCUT2D eigenvalue weighted by molar-refractivity contribution is 0.385. The van der Waals surface area contributed by atoms with E-state index >= 15 is 0 Å². The molecule has 0 bridgehead atoms. The fourth-order valence-corrected chi connectivity index (χ4v) is 5.26. The third-order valence-corrected chi connectivity index (χ3v) is 6.87. The number of rotatable bonds is 5. The first-order valence-corrected chi connectivity index (χ1v) is 11.8. The number of methoxy groups -OCH3 is 1. The van der Waals surface area contributed by atoms with Crippen molar-refractivity contribution >= 4 is 61.4 Å². The van der Waals surface area contributed by atoms with Crippen molar-refractivity contribution in [3.05, 3.63) is 69.7 Å². The van der Waals surface area contributed by atoms with E-state index in [-0.39, 0.29) is 26.5 Å². The van der Waals surface area contributed by atoms with Crippen LogP contribution in [0.15, 0.2) is 53.7 Å². The van der Waals surface area contributed by atoms with Gasteiger partial charge in [0.1, 0.15) is 5.82 Å². The summed E-state index contributed by atoms with van der Waals surface area (Å²) in [6.07, 6.45) is 2.99.